The van der Waals surface area contributed by atoms with Gasteiger partial charge in [0.25, 0.3) is 5.91 Å². The smallest absolute Gasteiger partial charge is 0.255 e. The molecule has 0 atom stereocenters. The number of carbonyl (C=O) groups excluding carboxylic acids is 1. The molecule has 7 nitrogen and oxygen atoms in total. The van der Waals surface area contributed by atoms with Crippen molar-refractivity contribution in [3.8, 4) is 0 Å². The molecule has 0 saturated carbocycles. The van der Waals surface area contributed by atoms with Crippen molar-refractivity contribution < 1.29 is 4.79 Å². The van der Waals surface area contributed by atoms with E-state index in [9.17, 15) is 4.79 Å². The van der Waals surface area contributed by atoms with Gasteiger partial charge in [0.05, 0.1) is 18.3 Å². The Labute approximate surface area is 104 Å². The summed E-state index contributed by atoms with van der Waals surface area (Å²) in [4.78, 5) is 15.9. The molecule has 0 spiro atoms. The van der Waals surface area contributed by atoms with Gasteiger partial charge >= 0.3 is 0 Å². The van der Waals surface area contributed by atoms with E-state index in [1.54, 1.807) is 36.4 Å². The molecule has 0 fully saturated rings. The molecule has 0 unspecified atom stereocenters. The quantitative estimate of drug-likeness (QED) is 0.784. The van der Waals surface area contributed by atoms with Gasteiger partial charge in [-0.05, 0) is 6.07 Å². The third kappa shape index (κ3) is 2.82. The summed E-state index contributed by atoms with van der Waals surface area (Å²) in [5.41, 5.74) is 1.28. The minimum absolute atomic E-state index is 0.160. The molecule has 0 aliphatic heterocycles. The highest BCUT2D eigenvalue weighted by Crippen LogP contribution is 2.11. The van der Waals surface area contributed by atoms with E-state index in [0.717, 1.165) is 5.69 Å². The van der Waals surface area contributed by atoms with Crippen molar-refractivity contribution in [2.24, 2.45) is 0 Å². The van der Waals surface area contributed by atoms with E-state index in [1.807, 2.05) is 0 Å². The van der Waals surface area contributed by atoms with Crippen LogP contribution in [-0.2, 0) is 6.54 Å². The normalized spacial score (nSPS) is 10.1. The van der Waals surface area contributed by atoms with Gasteiger partial charge in [-0.3, -0.25) is 14.5 Å². The fourth-order valence-corrected chi connectivity index (χ4v) is 1.52. The third-order valence-corrected chi connectivity index (χ3v) is 2.43. The number of nitrogens with zero attached hydrogens (tertiary/aromatic N) is 4. The SMILES string of the molecule is CNc1ccncc1C(=O)NCCn1ccnn1. The molecule has 94 valence electrons. The topological polar surface area (TPSA) is 84.7 Å². The van der Waals surface area contributed by atoms with E-state index in [2.05, 4.69) is 25.9 Å². The first-order valence-corrected chi connectivity index (χ1v) is 5.55. The van der Waals surface area contributed by atoms with Gasteiger partial charge in [-0.1, -0.05) is 5.21 Å². The van der Waals surface area contributed by atoms with Gasteiger partial charge in [0.1, 0.15) is 0 Å². The molecule has 18 heavy (non-hydrogen) atoms. The van der Waals surface area contributed by atoms with Crippen LogP contribution in [0.3, 0.4) is 0 Å². The summed E-state index contributed by atoms with van der Waals surface area (Å²) in [7, 11) is 1.77. The Hall–Kier alpha value is -2.44. The molecule has 7 heteroatoms. The second-order valence-corrected chi connectivity index (χ2v) is 3.59. The molecule has 2 aromatic heterocycles. The van der Waals surface area contributed by atoms with Crippen LogP contribution in [0.25, 0.3) is 0 Å². The number of nitrogens with one attached hydrogen (secondary N) is 2. The van der Waals surface area contributed by atoms with Gasteiger partial charge in [-0.25, -0.2) is 0 Å². The van der Waals surface area contributed by atoms with Crippen LogP contribution in [-0.4, -0.2) is 39.5 Å². The van der Waals surface area contributed by atoms with Crippen LogP contribution in [0.2, 0.25) is 0 Å². The highest BCUT2D eigenvalue weighted by molar-refractivity contribution is 5.99. The molecule has 0 bridgehead atoms. The zero-order chi connectivity index (χ0) is 12.8. The standard InChI is InChI=1S/C11H14N6O/c1-12-10-2-3-13-8-9(10)11(18)14-4-6-17-7-5-15-16-17/h2-3,5,7-8H,4,6H2,1H3,(H,12,13)(H,14,18). The van der Waals surface area contributed by atoms with Gasteiger partial charge in [0.2, 0.25) is 0 Å². The van der Waals surface area contributed by atoms with Crippen LogP contribution >= 0.6 is 0 Å². The zero-order valence-corrected chi connectivity index (χ0v) is 10.00. The van der Waals surface area contributed by atoms with Crippen molar-refractivity contribution in [2.75, 3.05) is 18.9 Å². The third-order valence-electron chi connectivity index (χ3n) is 2.43. The Balaban J connectivity index is 1.91. The molecule has 2 rings (SSSR count). The lowest BCUT2D eigenvalue weighted by atomic mass is 10.2. The molecule has 2 aromatic rings. The summed E-state index contributed by atoms with van der Waals surface area (Å²) in [6.45, 7) is 1.07. The first-order valence-electron chi connectivity index (χ1n) is 5.55. The summed E-state index contributed by atoms with van der Waals surface area (Å²) >= 11 is 0. The van der Waals surface area contributed by atoms with Gasteiger partial charge in [0.15, 0.2) is 0 Å². The monoisotopic (exact) mass is 246 g/mol. The minimum Gasteiger partial charge on any atom is -0.387 e. The summed E-state index contributed by atoms with van der Waals surface area (Å²) in [6, 6.07) is 1.76. The maximum Gasteiger partial charge on any atom is 0.255 e. The zero-order valence-electron chi connectivity index (χ0n) is 10.00. The molecule has 2 N–H and O–H groups in total. The average Bonchev–Trinajstić information content (AvgIpc) is 2.91. The van der Waals surface area contributed by atoms with E-state index in [4.69, 9.17) is 0 Å². The predicted octanol–water partition coefficient (Wildman–Crippen LogP) is 0.145. The van der Waals surface area contributed by atoms with Crippen molar-refractivity contribution in [2.45, 2.75) is 6.54 Å². The predicted molar refractivity (Wildman–Crippen MR) is 66.1 cm³/mol. The Morgan fingerprint density at radius 2 is 2.33 bits per heavy atom. The van der Waals surface area contributed by atoms with E-state index in [0.29, 0.717) is 18.7 Å². The fraction of sp³-hybridized carbons (Fsp3) is 0.273. The molecule has 0 aliphatic carbocycles. The van der Waals surface area contributed by atoms with Crippen LogP contribution in [0.5, 0.6) is 0 Å². The highest BCUT2D eigenvalue weighted by atomic mass is 16.1. The second kappa shape index (κ2) is 5.76. The van der Waals surface area contributed by atoms with Gasteiger partial charge < -0.3 is 10.6 Å². The largest absolute Gasteiger partial charge is 0.387 e. The number of aromatic nitrogens is 4. The number of hydrogen-bond donors (Lipinski definition) is 2. The number of amides is 1. The first kappa shape index (κ1) is 12.0. The van der Waals surface area contributed by atoms with Crippen LogP contribution in [0.15, 0.2) is 30.9 Å². The minimum atomic E-state index is -0.160. The maximum atomic E-state index is 11.9. The van der Waals surface area contributed by atoms with Crippen LogP contribution < -0.4 is 10.6 Å². The van der Waals surface area contributed by atoms with Crippen molar-refractivity contribution in [1.82, 2.24) is 25.3 Å². The number of rotatable bonds is 5. The summed E-state index contributed by atoms with van der Waals surface area (Å²) < 4.78 is 1.66. The molecule has 1 amide bonds. The lowest BCUT2D eigenvalue weighted by Gasteiger charge is -2.08. The molecular formula is C11H14N6O. The van der Waals surface area contributed by atoms with Gasteiger partial charge in [-0.2, -0.15) is 0 Å². The molecule has 0 saturated heterocycles. The number of anilines is 1. The average molecular weight is 246 g/mol. The number of pyridine rings is 1. The van der Waals surface area contributed by atoms with Crippen molar-refractivity contribution in [3.63, 3.8) is 0 Å². The Morgan fingerprint density at radius 1 is 1.44 bits per heavy atom. The number of hydrogen-bond acceptors (Lipinski definition) is 5. The molecule has 0 aromatic carbocycles. The van der Waals surface area contributed by atoms with Crippen molar-refractivity contribution >= 4 is 11.6 Å². The Kier molecular flexibility index (Phi) is 3.85. The second-order valence-electron chi connectivity index (χ2n) is 3.59. The summed E-state index contributed by atoms with van der Waals surface area (Å²) in [5, 5.41) is 13.3. The van der Waals surface area contributed by atoms with E-state index in [-0.39, 0.29) is 5.91 Å². The number of carbonyl (C=O) groups is 1. The Morgan fingerprint density at radius 3 is 3.06 bits per heavy atom. The lowest BCUT2D eigenvalue weighted by molar-refractivity contribution is 0.0952. The van der Waals surface area contributed by atoms with Crippen molar-refractivity contribution in [1.29, 1.82) is 0 Å². The fourth-order valence-electron chi connectivity index (χ4n) is 1.52. The lowest BCUT2D eigenvalue weighted by Crippen LogP contribution is -2.28. The summed E-state index contributed by atoms with van der Waals surface area (Å²) in [5.74, 6) is -0.160. The van der Waals surface area contributed by atoms with E-state index >= 15 is 0 Å². The highest BCUT2D eigenvalue weighted by Gasteiger charge is 2.09. The molecule has 0 aliphatic rings. The Bertz CT molecular complexity index is 510. The van der Waals surface area contributed by atoms with E-state index in [1.165, 1.54) is 6.20 Å². The summed E-state index contributed by atoms with van der Waals surface area (Å²) in [6.07, 6.45) is 6.52. The molecule has 2 heterocycles. The molecule has 0 radical (unpaired) electrons. The van der Waals surface area contributed by atoms with Gasteiger partial charge in [0, 0.05) is 37.9 Å². The van der Waals surface area contributed by atoms with Crippen molar-refractivity contribution in [3.05, 3.63) is 36.4 Å². The van der Waals surface area contributed by atoms with Crippen LogP contribution in [0.1, 0.15) is 10.4 Å². The molecular weight excluding hydrogens is 232 g/mol. The maximum absolute atomic E-state index is 11.9. The van der Waals surface area contributed by atoms with Gasteiger partial charge in [-0.15, -0.1) is 5.10 Å². The first-order chi connectivity index (χ1) is 8.81. The van der Waals surface area contributed by atoms with E-state index < -0.39 is 0 Å². The van der Waals surface area contributed by atoms with Crippen LogP contribution in [0.4, 0.5) is 5.69 Å². The van der Waals surface area contributed by atoms with Crippen LogP contribution in [0, 0.1) is 0 Å².